The second-order valence-corrected chi connectivity index (χ2v) is 5.48. The second-order valence-electron chi connectivity index (χ2n) is 5.08. The van der Waals surface area contributed by atoms with Crippen molar-refractivity contribution in [3.63, 3.8) is 0 Å². The lowest BCUT2D eigenvalue weighted by molar-refractivity contribution is 0.140. The fourth-order valence-electron chi connectivity index (χ4n) is 2.18. The van der Waals surface area contributed by atoms with Crippen molar-refractivity contribution in [3.8, 4) is 5.75 Å². The summed E-state index contributed by atoms with van der Waals surface area (Å²) in [6, 6.07) is 10.7. The van der Waals surface area contributed by atoms with E-state index in [2.05, 4.69) is 4.74 Å². The molecule has 0 radical (unpaired) electrons. The minimum absolute atomic E-state index is 0.104. The first-order chi connectivity index (χ1) is 10.9. The zero-order chi connectivity index (χ0) is 17.0. The predicted octanol–water partition coefficient (Wildman–Crippen LogP) is 4.50. The van der Waals surface area contributed by atoms with Crippen LogP contribution in [0.2, 0.25) is 5.02 Å². The average molecular weight is 336 g/mol. The Balaban J connectivity index is 2.27. The number of hydrogen-bond acceptors (Lipinski definition) is 4. The maximum absolute atomic E-state index is 11.5. The number of aryl methyl sites for hydroxylation is 2. The van der Waals surface area contributed by atoms with E-state index in [1.807, 2.05) is 32.0 Å². The van der Waals surface area contributed by atoms with Gasteiger partial charge in [0.25, 0.3) is 0 Å². The highest BCUT2D eigenvalue weighted by Gasteiger charge is 2.19. The third-order valence-electron chi connectivity index (χ3n) is 3.37. The number of amides is 1. The Kier molecular flexibility index (Phi) is 5.47. The maximum Gasteiger partial charge on any atom is 0.438 e. The number of methoxy groups -OCH3 is 1. The molecular weight excluding hydrogens is 318 g/mol. The van der Waals surface area contributed by atoms with Crippen molar-refractivity contribution in [1.82, 2.24) is 0 Å². The topological polar surface area (TPSA) is 59.0 Å². The number of benzene rings is 2. The largest absolute Gasteiger partial charge is 0.488 e. The molecule has 0 aliphatic rings. The van der Waals surface area contributed by atoms with Crippen molar-refractivity contribution >= 4 is 23.4 Å². The summed E-state index contributed by atoms with van der Waals surface area (Å²) in [6.07, 6.45) is -0.903. The number of hydrogen-bond donors (Lipinski definition) is 1. The van der Waals surface area contributed by atoms with Crippen LogP contribution in [-0.4, -0.2) is 18.4 Å². The van der Waals surface area contributed by atoms with Crippen LogP contribution in [0.1, 0.15) is 16.7 Å². The number of ether oxygens (including phenoxy) is 2. The lowest BCUT2D eigenvalue weighted by atomic mass is 10.1. The standard InChI is InChI=1S/C17H18ClNO4/c1-11-7-8-16(12(2)9-11)23-10-13-14(18)5-4-6-15(13)19(21)17(20)22-3/h4-9,21H,10H2,1-3H3. The van der Waals surface area contributed by atoms with Crippen LogP contribution in [0.15, 0.2) is 36.4 Å². The number of halogens is 1. The highest BCUT2D eigenvalue weighted by atomic mass is 35.5. The van der Waals surface area contributed by atoms with Gasteiger partial charge in [-0.05, 0) is 37.6 Å². The van der Waals surface area contributed by atoms with Crippen LogP contribution in [0.3, 0.4) is 0 Å². The number of carbonyl (C=O) groups excluding carboxylic acids is 1. The summed E-state index contributed by atoms with van der Waals surface area (Å²) in [5.41, 5.74) is 2.84. The molecule has 2 aromatic rings. The van der Waals surface area contributed by atoms with Crippen molar-refractivity contribution < 1.29 is 19.5 Å². The quantitative estimate of drug-likeness (QED) is 0.660. The fourth-order valence-corrected chi connectivity index (χ4v) is 2.41. The van der Waals surface area contributed by atoms with Gasteiger partial charge in [-0.15, -0.1) is 0 Å². The van der Waals surface area contributed by atoms with Crippen molar-refractivity contribution in [2.24, 2.45) is 0 Å². The summed E-state index contributed by atoms with van der Waals surface area (Å²) >= 11 is 6.18. The third kappa shape index (κ3) is 3.94. The molecule has 0 heterocycles. The van der Waals surface area contributed by atoms with E-state index < -0.39 is 6.09 Å². The first-order valence-corrected chi connectivity index (χ1v) is 7.36. The van der Waals surface area contributed by atoms with Crippen LogP contribution in [0.5, 0.6) is 5.75 Å². The summed E-state index contributed by atoms with van der Waals surface area (Å²) in [5, 5.41) is 10.7. The lowest BCUT2D eigenvalue weighted by Gasteiger charge is -2.19. The van der Waals surface area contributed by atoms with Gasteiger partial charge in [-0.2, -0.15) is 5.06 Å². The number of nitrogens with zero attached hydrogens (tertiary/aromatic N) is 1. The van der Waals surface area contributed by atoms with Crippen LogP contribution in [0.4, 0.5) is 10.5 Å². The summed E-state index contributed by atoms with van der Waals surface area (Å²) in [6.45, 7) is 4.05. The number of carbonyl (C=O) groups is 1. The summed E-state index contributed by atoms with van der Waals surface area (Å²) in [5.74, 6) is 0.712. The van der Waals surface area contributed by atoms with Crippen molar-refractivity contribution in [1.29, 1.82) is 0 Å². The fraction of sp³-hybridized carbons (Fsp3) is 0.235. The predicted molar refractivity (Wildman–Crippen MR) is 88.4 cm³/mol. The van der Waals surface area contributed by atoms with E-state index in [4.69, 9.17) is 16.3 Å². The molecule has 1 N–H and O–H groups in total. The summed E-state index contributed by atoms with van der Waals surface area (Å²) < 4.78 is 10.3. The normalized spacial score (nSPS) is 10.3. The number of anilines is 1. The van der Waals surface area contributed by atoms with E-state index in [0.717, 1.165) is 11.1 Å². The molecule has 0 fully saturated rings. The smallest absolute Gasteiger partial charge is 0.438 e. The molecule has 0 spiro atoms. The highest BCUT2D eigenvalue weighted by molar-refractivity contribution is 6.31. The number of hydroxylamine groups is 1. The first kappa shape index (κ1) is 17.1. The monoisotopic (exact) mass is 335 g/mol. The molecule has 0 aromatic heterocycles. The summed E-state index contributed by atoms with van der Waals surface area (Å²) in [4.78, 5) is 11.5. The Morgan fingerprint density at radius 3 is 2.65 bits per heavy atom. The van der Waals surface area contributed by atoms with E-state index in [1.54, 1.807) is 18.2 Å². The Hall–Kier alpha value is -2.24. The molecular formula is C17H18ClNO4. The zero-order valence-corrected chi connectivity index (χ0v) is 13.9. The third-order valence-corrected chi connectivity index (χ3v) is 3.73. The molecule has 0 bridgehead atoms. The molecule has 0 unspecified atom stereocenters. The molecule has 23 heavy (non-hydrogen) atoms. The minimum Gasteiger partial charge on any atom is -0.488 e. The van der Waals surface area contributed by atoms with Crippen LogP contribution < -0.4 is 9.80 Å². The van der Waals surface area contributed by atoms with E-state index in [1.165, 1.54) is 7.11 Å². The molecule has 0 saturated heterocycles. The number of rotatable bonds is 4. The molecule has 2 aromatic carbocycles. The van der Waals surface area contributed by atoms with Gasteiger partial charge in [-0.3, -0.25) is 5.21 Å². The van der Waals surface area contributed by atoms with Gasteiger partial charge in [0.15, 0.2) is 0 Å². The van der Waals surface area contributed by atoms with E-state index >= 15 is 0 Å². The van der Waals surface area contributed by atoms with E-state index in [9.17, 15) is 10.0 Å². The van der Waals surface area contributed by atoms with Crippen LogP contribution in [0.25, 0.3) is 0 Å². The van der Waals surface area contributed by atoms with Crippen LogP contribution >= 0.6 is 11.6 Å². The van der Waals surface area contributed by atoms with Crippen molar-refractivity contribution in [2.75, 3.05) is 12.2 Å². The molecule has 6 heteroatoms. The van der Waals surface area contributed by atoms with Crippen molar-refractivity contribution in [2.45, 2.75) is 20.5 Å². The molecule has 2 rings (SSSR count). The second kappa shape index (κ2) is 7.35. The molecule has 1 amide bonds. The van der Waals surface area contributed by atoms with E-state index in [-0.39, 0.29) is 12.3 Å². The van der Waals surface area contributed by atoms with Gasteiger partial charge in [-0.1, -0.05) is 35.4 Å². The Morgan fingerprint density at radius 1 is 1.26 bits per heavy atom. The molecule has 5 nitrogen and oxygen atoms in total. The van der Waals surface area contributed by atoms with E-state index in [0.29, 0.717) is 21.4 Å². The Morgan fingerprint density at radius 2 is 2.00 bits per heavy atom. The van der Waals surface area contributed by atoms with Crippen LogP contribution in [0, 0.1) is 13.8 Å². The zero-order valence-electron chi connectivity index (χ0n) is 13.2. The molecule has 0 aliphatic carbocycles. The molecule has 0 atom stereocenters. The Bertz CT molecular complexity index is 718. The van der Waals surface area contributed by atoms with Gasteiger partial charge < -0.3 is 9.47 Å². The van der Waals surface area contributed by atoms with Crippen molar-refractivity contribution in [3.05, 3.63) is 58.1 Å². The lowest BCUT2D eigenvalue weighted by Crippen LogP contribution is -2.28. The van der Waals surface area contributed by atoms with Gasteiger partial charge in [0.1, 0.15) is 12.4 Å². The first-order valence-electron chi connectivity index (χ1n) is 6.98. The van der Waals surface area contributed by atoms with Gasteiger partial charge in [0.05, 0.1) is 12.8 Å². The average Bonchev–Trinajstić information content (AvgIpc) is 2.53. The van der Waals surface area contributed by atoms with Gasteiger partial charge in [-0.25, -0.2) is 4.79 Å². The minimum atomic E-state index is -0.903. The van der Waals surface area contributed by atoms with Crippen LogP contribution in [-0.2, 0) is 11.3 Å². The Labute approximate surface area is 140 Å². The van der Waals surface area contributed by atoms with Gasteiger partial charge >= 0.3 is 6.09 Å². The molecule has 0 saturated carbocycles. The summed E-state index contributed by atoms with van der Waals surface area (Å²) in [7, 11) is 1.18. The SMILES string of the molecule is COC(=O)N(O)c1cccc(Cl)c1COc1ccc(C)cc1C. The molecule has 0 aliphatic heterocycles. The highest BCUT2D eigenvalue weighted by Crippen LogP contribution is 2.29. The maximum atomic E-state index is 11.5. The molecule has 122 valence electrons. The van der Waals surface area contributed by atoms with Gasteiger partial charge in [0, 0.05) is 10.6 Å². The van der Waals surface area contributed by atoms with Gasteiger partial charge in [0.2, 0.25) is 0 Å².